The Balaban J connectivity index is 2.57. The number of hydrogen-bond acceptors (Lipinski definition) is 3. The number of rotatable bonds is 3. The van der Waals surface area contributed by atoms with E-state index in [1.165, 1.54) is 7.05 Å². The quantitative estimate of drug-likeness (QED) is 0.387. The fourth-order valence-electron chi connectivity index (χ4n) is 1.14. The molecule has 1 rings (SSSR count). The zero-order valence-electron chi connectivity index (χ0n) is 7.96. The van der Waals surface area contributed by atoms with Crippen molar-refractivity contribution in [3.63, 3.8) is 0 Å². The summed E-state index contributed by atoms with van der Waals surface area (Å²) in [6.07, 6.45) is 2.88. The van der Waals surface area contributed by atoms with Crippen LogP contribution in [0.15, 0.2) is 11.8 Å². The number of carbonyl (C=O) groups excluding carboxylic acids is 2. The number of carbonyl (C=O) groups is 2. The Morgan fingerprint density at radius 2 is 2.23 bits per heavy atom. The minimum absolute atomic E-state index is 0.130. The summed E-state index contributed by atoms with van der Waals surface area (Å²) in [5.41, 5.74) is 0.556. The van der Waals surface area contributed by atoms with Crippen molar-refractivity contribution >= 4 is 11.8 Å². The summed E-state index contributed by atoms with van der Waals surface area (Å²) in [7, 11) is 1.51. The molecule has 1 aliphatic heterocycles. The summed E-state index contributed by atoms with van der Waals surface area (Å²) >= 11 is 0. The molecular weight excluding hydrogens is 168 g/mol. The fourth-order valence-corrected chi connectivity index (χ4v) is 1.14. The van der Waals surface area contributed by atoms with E-state index >= 15 is 0 Å². The largest absolute Gasteiger partial charge is 0.391 e. The van der Waals surface area contributed by atoms with Crippen LogP contribution >= 0.6 is 0 Å². The average Bonchev–Trinajstić information content (AvgIpc) is 2.34. The molecule has 1 saturated heterocycles. The van der Waals surface area contributed by atoms with Gasteiger partial charge in [0.2, 0.25) is 5.91 Å². The van der Waals surface area contributed by atoms with Crippen LogP contribution in [0.3, 0.4) is 0 Å². The Morgan fingerprint density at radius 1 is 1.54 bits per heavy atom. The van der Waals surface area contributed by atoms with Gasteiger partial charge in [0, 0.05) is 25.4 Å². The molecule has 4 heteroatoms. The lowest BCUT2D eigenvalue weighted by atomic mass is 10.2. The molecule has 72 valence electrons. The molecule has 0 bridgehead atoms. The van der Waals surface area contributed by atoms with Gasteiger partial charge in [-0.2, -0.15) is 0 Å². The van der Waals surface area contributed by atoms with Crippen LogP contribution in [0.1, 0.15) is 19.8 Å². The van der Waals surface area contributed by atoms with Crippen molar-refractivity contribution < 1.29 is 9.59 Å². The fraction of sp³-hybridized carbons (Fsp3) is 0.556. The molecular formula is C9H14N2O2. The smallest absolute Gasteiger partial charge is 0.258 e. The molecule has 0 spiro atoms. The topological polar surface area (TPSA) is 49.4 Å². The Hall–Kier alpha value is -1.32. The highest BCUT2D eigenvalue weighted by molar-refractivity contribution is 6.12. The lowest BCUT2D eigenvalue weighted by molar-refractivity contribution is -0.135. The van der Waals surface area contributed by atoms with E-state index in [1.807, 2.05) is 6.92 Å². The second-order valence-electron chi connectivity index (χ2n) is 3.06. The average molecular weight is 182 g/mol. The highest BCUT2D eigenvalue weighted by Crippen LogP contribution is 2.15. The molecule has 0 aromatic rings. The normalized spacial score (nSPS) is 20.2. The molecule has 4 nitrogen and oxygen atoms in total. The van der Waals surface area contributed by atoms with Crippen molar-refractivity contribution in [2.24, 2.45) is 0 Å². The summed E-state index contributed by atoms with van der Waals surface area (Å²) in [6.45, 7) is 2.87. The number of hydrogen-bond donors (Lipinski definition) is 1. The third-order valence-corrected chi connectivity index (χ3v) is 1.97. The van der Waals surface area contributed by atoms with Gasteiger partial charge in [0.05, 0.1) is 6.42 Å². The summed E-state index contributed by atoms with van der Waals surface area (Å²) in [5.74, 6) is -0.317. The zero-order chi connectivity index (χ0) is 9.84. The maximum absolute atomic E-state index is 11.3. The molecule has 0 unspecified atom stereocenters. The van der Waals surface area contributed by atoms with Crippen LogP contribution in [-0.2, 0) is 9.59 Å². The lowest BCUT2D eigenvalue weighted by Crippen LogP contribution is -2.24. The van der Waals surface area contributed by atoms with Crippen molar-refractivity contribution in [1.82, 2.24) is 10.2 Å². The van der Waals surface area contributed by atoms with Gasteiger partial charge in [-0.3, -0.25) is 14.5 Å². The first-order chi connectivity index (χ1) is 6.16. The van der Waals surface area contributed by atoms with Gasteiger partial charge < -0.3 is 5.32 Å². The molecule has 1 fully saturated rings. The van der Waals surface area contributed by atoms with Crippen LogP contribution in [0.2, 0.25) is 0 Å². The Labute approximate surface area is 77.6 Å². The van der Waals surface area contributed by atoms with E-state index in [0.29, 0.717) is 5.57 Å². The molecule has 1 heterocycles. The first-order valence-corrected chi connectivity index (χ1v) is 4.40. The highest BCUT2D eigenvalue weighted by atomic mass is 16.2. The van der Waals surface area contributed by atoms with E-state index in [1.54, 1.807) is 6.20 Å². The third kappa shape index (κ3) is 2.08. The summed E-state index contributed by atoms with van der Waals surface area (Å²) < 4.78 is 0. The summed E-state index contributed by atoms with van der Waals surface area (Å²) in [4.78, 5) is 23.5. The minimum Gasteiger partial charge on any atom is -0.391 e. The first kappa shape index (κ1) is 9.77. The standard InChI is InChI=1S/C9H14N2O2/c1-3-4-10-6-7-5-8(12)11(2)9(7)13/h6,10H,3-5H2,1-2H3/b7-6-. The Bertz CT molecular complexity index is 258. The van der Waals surface area contributed by atoms with Gasteiger partial charge in [0.1, 0.15) is 0 Å². The van der Waals surface area contributed by atoms with Gasteiger partial charge in [-0.1, -0.05) is 6.92 Å². The third-order valence-electron chi connectivity index (χ3n) is 1.97. The molecule has 0 atom stereocenters. The van der Waals surface area contributed by atoms with Gasteiger partial charge in [-0.15, -0.1) is 0 Å². The van der Waals surface area contributed by atoms with E-state index < -0.39 is 0 Å². The molecule has 0 saturated carbocycles. The molecule has 0 radical (unpaired) electrons. The van der Waals surface area contributed by atoms with E-state index in [4.69, 9.17) is 0 Å². The van der Waals surface area contributed by atoms with Gasteiger partial charge >= 0.3 is 0 Å². The van der Waals surface area contributed by atoms with E-state index in [-0.39, 0.29) is 18.2 Å². The second-order valence-corrected chi connectivity index (χ2v) is 3.06. The number of nitrogens with one attached hydrogen (secondary N) is 1. The summed E-state index contributed by atoms with van der Waals surface area (Å²) in [6, 6.07) is 0. The van der Waals surface area contributed by atoms with E-state index in [2.05, 4.69) is 5.32 Å². The van der Waals surface area contributed by atoms with Crippen molar-refractivity contribution in [2.75, 3.05) is 13.6 Å². The molecule has 1 aliphatic rings. The van der Waals surface area contributed by atoms with Crippen LogP contribution in [0.4, 0.5) is 0 Å². The maximum Gasteiger partial charge on any atom is 0.258 e. The van der Waals surface area contributed by atoms with Gasteiger partial charge in [-0.25, -0.2) is 0 Å². The predicted octanol–water partition coefficient (Wildman–Crippen LogP) is 0.259. The first-order valence-electron chi connectivity index (χ1n) is 4.40. The molecule has 13 heavy (non-hydrogen) atoms. The number of likely N-dealkylation sites (N-methyl/N-ethyl adjacent to an activating group) is 1. The number of imide groups is 1. The van der Waals surface area contributed by atoms with Gasteiger partial charge in [0.25, 0.3) is 5.91 Å². The second kappa shape index (κ2) is 4.07. The number of amides is 2. The molecule has 2 amide bonds. The molecule has 0 aromatic heterocycles. The van der Waals surface area contributed by atoms with Crippen molar-refractivity contribution in [2.45, 2.75) is 19.8 Å². The highest BCUT2D eigenvalue weighted by Gasteiger charge is 2.30. The van der Waals surface area contributed by atoms with Crippen molar-refractivity contribution in [1.29, 1.82) is 0 Å². The van der Waals surface area contributed by atoms with Crippen molar-refractivity contribution in [3.05, 3.63) is 11.8 Å². The monoisotopic (exact) mass is 182 g/mol. The van der Waals surface area contributed by atoms with Crippen LogP contribution in [0.5, 0.6) is 0 Å². The Kier molecular flexibility index (Phi) is 3.06. The van der Waals surface area contributed by atoms with Crippen LogP contribution in [0.25, 0.3) is 0 Å². The van der Waals surface area contributed by atoms with Crippen LogP contribution in [-0.4, -0.2) is 30.3 Å². The Morgan fingerprint density at radius 3 is 2.69 bits per heavy atom. The summed E-state index contributed by atoms with van der Waals surface area (Å²) in [5, 5.41) is 2.99. The zero-order valence-corrected chi connectivity index (χ0v) is 7.96. The van der Waals surface area contributed by atoms with Gasteiger partial charge in [-0.05, 0) is 6.42 Å². The minimum atomic E-state index is -0.186. The van der Waals surface area contributed by atoms with E-state index in [9.17, 15) is 9.59 Å². The molecule has 1 N–H and O–H groups in total. The molecule has 0 aliphatic carbocycles. The predicted molar refractivity (Wildman–Crippen MR) is 48.8 cm³/mol. The SMILES string of the molecule is CCCN/C=C1/CC(=O)N(C)C1=O. The van der Waals surface area contributed by atoms with Gasteiger partial charge in [0.15, 0.2) is 0 Å². The van der Waals surface area contributed by atoms with Crippen LogP contribution in [0, 0.1) is 0 Å². The lowest BCUT2D eigenvalue weighted by Gasteiger charge is -2.02. The van der Waals surface area contributed by atoms with Crippen molar-refractivity contribution in [3.8, 4) is 0 Å². The molecule has 0 aromatic carbocycles. The number of likely N-dealkylation sites (tertiary alicyclic amines) is 1. The van der Waals surface area contributed by atoms with E-state index in [0.717, 1.165) is 17.9 Å². The van der Waals surface area contributed by atoms with Crippen LogP contribution < -0.4 is 5.32 Å². The maximum atomic E-state index is 11.3. The number of nitrogens with zero attached hydrogens (tertiary/aromatic N) is 1.